The molecule has 0 aromatic heterocycles. The summed E-state index contributed by atoms with van der Waals surface area (Å²) in [6.45, 7) is 5.70. The molecule has 1 N–H and O–H groups in total. The molecule has 10 heteroatoms. The van der Waals surface area contributed by atoms with Gasteiger partial charge < -0.3 is 9.47 Å². The number of anilines is 1. The van der Waals surface area contributed by atoms with Gasteiger partial charge in [-0.15, -0.1) is 6.58 Å². The van der Waals surface area contributed by atoms with Crippen molar-refractivity contribution in [3.63, 3.8) is 0 Å². The third kappa shape index (κ3) is 5.85. The average molecular weight is 528 g/mol. The molecule has 4 amide bonds. The number of hydrogen-bond acceptors (Lipinski definition) is 7. The third-order valence-corrected chi connectivity index (χ3v) is 5.95. The fourth-order valence-electron chi connectivity index (χ4n) is 4.06. The van der Waals surface area contributed by atoms with Crippen LogP contribution in [0.25, 0.3) is 6.08 Å². The van der Waals surface area contributed by atoms with Crippen LogP contribution in [0.15, 0.2) is 78.9 Å². The predicted octanol–water partition coefficient (Wildman–Crippen LogP) is 4.89. The number of barbiturate groups is 1. The Morgan fingerprint density at radius 2 is 1.82 bits per heavy atom. The van der Waals surface area contributed by atoms with Gasteiger partial charge in [-0.3, -0.25) is 25.0 Å². The minimum absolute atomic E-state index is 0.0388. The maximum Gasteiger partial charge on any atom is 0.335 e. The van der Waals surface area contributed by atoms with E-state index in [1.54, 1.807) is 54.6 Å². The van der Waals surface area contributed by atoms with Crippen molar-refractivity contribution in [2.45, 2.75) is 20.0 Å². The Labute approximate surface area is 224 Å². The van der Waals surface area contributed by atoms with Gasteiger partial charge in [0.1, 0.15) is 12.2 Å². The molecular formula is C29H25N3O7. The molecule has 0 atom stereocenters. The number of nitro groups is 1. The summed E-state index contributed by atoms with van der Waals surface area (Å²) in [6, 6.07) is 15.3. The monoisotopic (exact) mass is 527 g/mol. The van der Waals surface area contributed by atoms with Crippen molar-refractivity contribution in [3.05, 3.63) is 111 Å². The van der Waals surface area contributed by atoms with Crippen molar-refractivity contribution in [3.8, 4) is 11.5 Å². The highest BCUT2D eigenvalue weighted by atomic mass is 16.6. The number of hydrogen-bond donors (Lipinski definition) is 1. The fraction of sp³-hybridized carbons (Fsp3) is 0.138. The molecule has 3 aromatic carbocycles. The summed E-state index contributed by atoms with van der Waals surface area (Å²) < 4.78 is 11.5. The van der Waals surface area contributed by atoms with Gasteiger partial charge in [-0.25, -0.2) is 9.69 Å². The molecule has 4 rings (SSSR count). The van der Waals surface area contributed by atoms with Crippen molar-refractivity contribution in [2.75, 3.05) is 12.0 Å². The van der Waals surface area contributed by atoms with Crippen molar-refractivity contribution in [1.29, 1.82) is 0 Å². The lowest BCUT2D eigenvalue weighted by molar-refractivity contribution is -0.384. The van der Waals surface area contributed by atoms with E-state index in [1.165, 1.54) is 25.3 Å². The predicted molar refractivity (Wildman–Crippen MR) is 145 cm³/mol. The summed E-state index contributed by atoms with van der Waals surface area (Å²) in [6.07, 6.45) is 3.40. The van der Waals surface area contributed by atoms with Crippen LogP contribution >= 0.6 is 0 Å². The number of amides is 4. The molecule has 10 nitrogen and oxygen atoms in total. The minimum Gasteiger partial charge on any atom is -0.493 e. The molecule has 0 unspecified atom stereocenters. The van der Waals surface area contributed by atoms with Crippen LogP contribution in [0.2, 0.25) is 0 Å². The Balaban J connectivity index is 1.68. The van der Waals surface area contributed by atoms with E-state index in [9.17, 15) is 24.5 Å². The Bertz CT molecular complexity index is 1510. The van der Waals surface area contributed by atoms with Crippen LogP contribution in [0.5, 0.6) is 11.5 Å². The first-order valence-electron chi connectivity index (χ1n) is 11.9. The van der Waals surface area contributed by atoms with E-state index in [4.69, 9.17) is 9.47 Å². The zero-order valence-corrected chi connectivity index (χ0v) is 21.3. The van der Waals surface area contributed by atoms with Gasteiger partial charge in [0.15, 0.2) is 11.5 Å². The van der Waals surface area contributed by atoms with Gasteiger partial charge in [0.25, 0.3) is 17.5 Å². The second kappa shape index (κ2) is 11.4. The minimum atomic E-state index is -0.833. The fourth-order valence-corrected chi connectivity index (χ4v) is 4.06. The van der Waals surface area contributed by atoms with Crippen molar-refractivity contribution >= 4 is 35.3 Å². The molecule has 39 heavy (non-hydrogen) atoms. The summed E-state index contributed by atoms with van der Waals surface area (Å²) in [5.74, 6) is -0.866. The zero-order chi connectivity index (χ0) is 28.1. The van der Waals surface area contributed by atoms with E-state index in [0.29, 0.717) is 40.3 Å². The number of non-ortho nitro benzene ring substituents is 1. The van der Waals surface area contributed by atoms with E-state index in [-0.39, 0.29) is 17.9 Å². The Hall–Kier alpha value is -5.25. The number of nitrogens with one attached hydrogen (secondary N) is 1. The number of benzene rings is 3. The first-order chi connectivity index (χ1) is 18.7. The summed E-state index contributed by atoms with van der Waals surface area (Å²) in [5, 5.41) is 13.3. The smallest absolute Gasteiger partial charge is 0.335 e. The number of methoxy groups -OCH3 is 1. The number of imide groups is 2. The van der Waals surface area contributed by atoms with Gasteiger partial charge in [-0.2, -0.15) is 0 Å². The van der Waals surface area contributed by atoms with Gasteiger partial charge in [-0.1, -0.05) is 35.9 Å². The number of nitro benzene ring substituents is 1. The number of ether oxygens (including phenoxy) is 2. The van der Waals surface area contributed by atoms with Gasteiger partial charge in [0.2, 0.25) is 0 Å². The van der Waals surface area contributed by atoms with Crippen LogP contribution in [0, 0.1) is 17.0 Å². The highest BCUT2D eigenvalue weighted by Crippen LogP contribution is 2.35. The van der Waals surface area contributed by atoms with Crippen LogP contribution in [0.3, 0.4) is 0 Å². The number of nitrogens with zero attached hydrogens (tertiary/aromatic N) is 2. The molecule has 0 aliphatic carbocycles. The maximum absolute atomic E-state index is 13.3. The lowest BCUT2D eigenvalue weighted by atomic mass is 10.0. The molecule has 1 saturated heterocycles. The first kappa shape index (κ1) is 26.8. The van der Waals surface area contributed by atoms with E-state index in [1.807, 2.05) is 6.92 Å². The summed E-state index contributed by atoms with van der Waals surface area (Å²) in [4.78, 5) is 49.9. The molecule has 1 fully saturated rings. The van der Waals surface area contributed by atoms with E-state index < -0.39 is 22.8 Å². The second-order valence-corrected chi connectivity index (χ2v) is 8.71. The van der Waals surface area contributed by atoms with Crippen molar-refractivity contribution < 1.29 is 28.8 Å². The molecule has 0 radical (unpaired) electrons. The van der Waals surface area contributed by atoms with Gasteiger partial charge >= 0.3 is 6.03 Å². The molecule has 0 bridgehead atoms. The largest absolute Gasteiger partial charge is 0.493 e. The van der Waals surface area contributed by atoms with E-state index in [0.717, 1.165) is 10.5 Å². The van der Waals surface area contributed by atoms with E-state index >= 15 is 0 Å². The quantitative estimate of drug-likeness (QED) is 0.138. The summed E-state index contributed by atoms with van der Waals surface area (Å²) in [7, 11) is 1.44. The number of urea groups is 1. The molecule has 198 valence electrons. The van der Waals surface area contributed by atoms with Gasteiger partial charge in [-0.05, 0) is 54.8 Å². The number of carbonyl (C=O) groups is 3. The van der Waals surface area contributed by atoms with Crippen LogP contribution in [0.1, 0.15) is 22.3 Å². The third-order valence-electron chi connectivity index (χ3n) is 5.95. The van der Waals surface area contributed by atoms with Gasteiger partial charge in [0.05, 0.1) is 17.7 Å². The lowest BCUT2D eigenvalue weighted by Gasteiger charge is -2.26. The molecule has 0 spiro atoms. The normalized spacial score (nSPS) is 14.3. The van der Waals surface area contributed by atoms with Crippen LogP contribution in [0.4, 0.5) is 16.2 Å². The zero-order valence-electron chi connectivity index (χ0n) is 21.3. The molecular weight excluding hydrogens is 502 g/mol. The van der Waals surface area contributed by atoms with Crippen molar-refractivity contribution in [1.82, 2.24) is 5.32 Å². The molecule has 1 aliphatic heterocycles. The summed E-state index contributed by atoms with van der Waals surface area (Å²) >= 11 is 0. The number of carbonyl (C=O) groups excluding carboxylic acids is 3. The number of aryl methyl sites for hydroxylation is 1. The van der Waals surface area contributed by atoms with Crippen LogP contribution in [-0.2, 0) is 22.6 Å². The SMILES string of the molecule is C=CCc1cc(/C=C2\C(=O)NC(=O)N(c3ccc(C)cc3)C2=O)cc(OC)c1OCc1cccc([N+](=O)[O-])c1. The van der Waals surface area contributed by atoms with Crippen LogP contribution in [-0.4, -0.2) is 29.9 Å². The highest BCUT2D eigenvalue weighted by Gasteiger charge is 2.36. The second-order valence-electron chi connectivity index (χ2n) is 8.71. The topological polar surface area (TPSA) is 128 Å². The Kier molecular flexibility index (Phi) is 7.85. The molecule has 3 aromatic rings. The Morgan fingerprint density at radius 3 is 2.49 bits per heavy atom. The Morgan fingerprint density at radius 1 is 1.08 bits per heavy atom. The average Bonchev–Trinajstić information content (AvgIpc) is 2.91. The maximum atomic E-state index is 13.3. The first-order valence-corrected chi connectivity index (χ1v) is 11.9. The molecule has 0 saturated carbocycles. The number of rotatable bonds is 9. The van der Waals surface area contributed by atoms with E-state index in [2.05, 4.69) is 11.9 Å². The van der Waals surface area contributed by atoms with Crippen molar-refractivity contribution in [2.24, 2.45) is 0 Å². The lowest BCUT2D eigenvalue weighted by Crippen LogP contribution is -2.54. The molecule has 1 aliphatic rings. The standard InChI is InChI=1S/C29H25N3O7/c1-4-6-21-13-20(16-25(38-3)26(21)39-17-19-7-5-8-23(14-19)32(36)37)15-24-27(33)30-29(35)31(28(24)34)22-11-9-18(2)10-12-22/h4-5,7-16H,1,6,17H2,2-3H3,(H,30,33,35)/b24-15+. The van der Waals surface area contributed by atoms with Crippen LogP contribution < -0.4 is 19.7 Å². The number of allylic oxidation sites excluding steroid dienone is 1. The highest BCUT2D eigenvalue weighted by molar-refractivity contribution is 6.39. The molecule has 1 heterocycles. The summed E-state index contributed by atoms with van der Waals surface area (Å²) in [5.41, 5.74) is 2.70. The van der Waals surface area contributed by atoms with Gasteiger partial charge in [0, 0.05) is 17.7 Å².